The fourth-order valence-electron chi connectivity index (χ4n) is 2.80. The predicted octanol–water partition coefficient (Wildman–Crippen LogP) is 2.20. The summed E-state index contributed by atoms with van der Waals surface area (Å²) in [5, 5.41) is 6.33. The summed E-state index contributed by atoms with van der Waals surface area (Å²) in [6.45, 7) is 6.06. The molecule has 5 nitrogen and oxygen atoms in total. The number of carbonyl (C=O) groups is 2. The highest BCUT2D eigenvalue weighted by molar-refractivity contribution is 5.94. The van der Waals surface area contributed by atoms with Crippen LogP contribution in [0, 0.1) is 5.92 Å². The van der Waals surface area contributed by atoms with E-state index < -0.39 is 0 Å². The van der Waals surface area contributed by atoms with Crippen molar-refractivity contribution in [2.24, 2.45) is 5.92 Å². The number of halogens is 1. The smallest absolute Gasteiger partial charge is 0.251 e. The van der Waals surface area contributed by atoms with Crippen molar-refractivity contribution >= 4 is 24.2 Å². The maximum atomic E-state index is 12.1. The fourth-order valence-corrected chi connectivity index (χ4v) is 2.80. The van der Waals surface area contributed by atoms with Crippen LogP contribution in [0.4, 0.5) is 0 Å². The number of nitrogens with zero attached hydrogens (tertiary/aromatic N) is 1. The summed E-state index contributed by atoms with van der Waals surface area (Å²) in [5.41, 5.74) is 1.68. The lowest BCUT2D eigenvalue weighted by Gasteiger charge is -2.19. The van der Waals surface area contributed by atoms with Crippen LogP contribution in [0.2, 0.25) is 0 Å². The van der Waals surface area contributed by atoms with E-state index in [1.54, 1.807) is 11.9 Å². The molecule has 2 rings (SSSR count). The van der Waals surface area contributed by atoms with Crippen molar-refractivity contribution in [3.8, 4) is 0 Å². The topological polar surface area (TPSA) is 61.4 Å². The lowest BCUT2D eigenvalue weighted by molar-refractivity contribution is -0.133. The second kappa shape index (κ2) is 9.64. The number of nitrogens with one attached hydrogen (secondary N) is 2. The lowest BCUT2D eigenvalue weighted by atomic mass is 10.1. The summed E-state index contributed by atoms with van der Waals surface area (Å²) >= 11 is 0. The summed E-state index contributed by atoms with van der Waals surface area (Å²) in [5.74, 6) is 0.0713. The lowest BCUT2D eigenvalue weighted by Crippen LogP contribution is -2.37. The van der Waals surface area contributed by atoms with E-state index in [1.165, 1.54) is 6.42 Å². The summed E-state index contributed by atoms with van der Waals surface area (Å²) in [4.78, 5) is 25.7. The minimum Gasteiger partial charge on any atom is -0.350 e. The molecule has 0 aromatic heterocycles. The van der Waals surface area contributed by atoms with Crippen LogP contribution in [-0.2, 0) is 11.3 Å². The van der Waals surface area contributed by atoms with Crippen LogP contribution in [-0.4, -0.2) is 42.9 Å². The standard InChI is InChI=1S/C18H27N3O2.ClH/c1-13(2)18(23)21(3)12-14-6-8-15(9-7-14)17(22)20-11-16-5-4-10-19-16;/h6-9,13,16,19H,4-5,10-12H2,1-3H3,(H,20,22);1H. The van der Waals surface area contributed by atoms with E-state index in [-0.39, 0.29) is 30.1 Å². The van der Waals surface area contributed by atoms with Gasteiger partial charge in [0.15, 0.2) is 0 Å². The molecular formula is C18H28ClN3O2. The van der Waals surface area contributed by atoms with E-state index in [1.807, 2.05) is 38.1 Å². The number of rotatable bonds is 6. The fraction of sp³-hybridized carbons (Fsp3) is 0.556. The molecule has 1 heterocycles. The Balaban J connectivity index is 0.00000288. The molecule has 0 bridgehead atoms. The van der Waals surface area contributed by atoms with E-state index in [9.17, 15) is 9.59 Å². The van der Waals surface area contributed by atoms with Gasteiger partial charge in [0.2, 0.25) is 5.91 Å². The number of carbonyl (C=O) groups excluding carboxylic acids is 2. The molecule has 1 unspecified atom stereocenters. The van der Waals surface area contributed by atoms with Crippen molar-refractivity contribution in [3.63, 3.8) is 0 Å². The van der Waals surface area contributed by atoms with Gasteiger partial charge in [0.05, 0.1) is 0 Å². The molecule has 1 saturated heterocycles. The molecule has 6 heteroatoms. The molecule has 134 valence electrons. The van der Waals surface area contributed by atoms with Crippen LogP contribution in [0.3, 0.4) is 0 Å². The van der Waals surface area contributed by atoms with Gasteiger partial charge in [0.25, 0.3) is 5.91 Å². The third kappa shape index (κ3) is 5.80. The SMILES string of the molecule is CC(C)C(=O)N(C)Cc1ccc(C(=O)NCC2CCCN2)cc1.Cl. The van der Waals surface area contributed by atoms with Crippen molar-refractivity contribution in [2.45, 2.75) is 39.3 Å². The van der Waals surface area contributed by atoms with Crippen molar-refractivity contribution in [1.29, 1.82) is 0 Å². The van der Waals surface area contributed by atoms with Crippen molar-refractivity contribution in [2.75, 3.05) is 20.1 Å². The van der Waals surface area contributed by atoms with Crippen LogP contribution in [0.1, 0.15) is 42.6 Å². The van der Waals surface area contributed by atoms with E-state index in [0.717, 1.165) is 18.5 Å². The molecular weight excluding hydrogens is 326 g/mol. The number of hydrogen-bond acceptors (Lipinski definition) is 3. The average Bonchev–Trinajstić information content (AvgIpc) is 3.05. The monoisotopic (exact) mass is 353 g/mol. The normalized spacial score (nSPS) is 16.6. The average molecular weight is 354 g/mol. The maximum Gasteiger partial charge on any atom is 0.251 e. The van der Waals surface area contributed by atoms with Gasteiger partial charge in [-0.3, -0.25) is 9.59 Å². The largest absolute Gasteiger partial charge is 0.350 e. The Hall–Kier alpha value is -1.59. The van der Waals surface area contributed by atoms with E-state index in [0.29, 0.717) is 24.7 Å². The Morgan fingerprint density at radius 1 is 1.29 bits per heavy atom. The van der Waals surface area contributed by atoms with Gasteiger partial charge in [-0.1, -0.05) is 26.0 Å². The van der Waals surface area contributed by atoms with Gasteiger partial charge < -0.3 is 15.5 Å². The Morgan fingerprint density at radius 2 is 1.96 bits per heavy atom. The van der Waals surface area contributed by atoms with Gasteiger partial charge in [0.1, 0.15) is 0 Å². The van der Waals surface area contributed by atoms with E-state index in [4.69, 9.17) is 0 Å². The van der Waals surface area contributed by atoms with Gasteiger partial charge in [-0.15, -0.1) is 12.4 Å². The zero-order valence-corrected chi connectivity index (χ0v) is 15.5. The quantitative estimate of drug-likeness (QED) is 0.824. The first-order chi connectivity index (χ1) is 11.0. The molecule has 0 saturated carbocycles. The number of hydrogen-bond donors (Lipinski definition) is 2. The third-order valence-corrected chi connectivity index (χ3v) is 4.18. The first kappa shape index (κ1) is 20.5. The third-order valence-electron chi connectivity index (χ3n) is 4.18. The summed E-state index contributed by atoms with van der Waals surface area (Å²) in [6.07, 6.45) is 2.30. The van der Waals surface area contributed by atoms with Gasteiger partial charge in [-0.05, 0) is 37.1 Å². The second-order valence-electron chi connectivity index (χ2n) is 6.55. The molecule has 0 spiro atoms. The summed E-state index contributed by atoms with van der Waals surface area (Å²) in [7, 11) is 1.80. The highest BCUT2D eigenvalue weighted by Crippen LogP contribution is 2.10. The summed E-state index contributed by atoms with van der Waals surface area (Å²) in [6, 6.07) is 7.86. The molecule has 2 amide bonds. The molecule has 1 atom stereocenters. The first-order valence-corrected chi connectivity index (χ1v) is 8.33. The molecule has 24 heavy (non-hydrogen) atoms. The Kier molecular flexibility index (Phi) is 8.22. The van der Waals surface area contributed by atoms with Crippen LogP contribution in [0.25, 0.3) is 0 Å². The Labute approximate surface area is 150 Å². The Bertz CT molecular complexity index is 540. The van der Waals surface area contributed by atoms with Gasteiger partial charge >= 0.3 is 0 Å². The molecule has 1 fully saturated rings. The number of benzene rings is 1. The van der Waals surface area contributed by atoms with Crippen molar-refractivity contribution in [1.82, 2.24) is 15.5 Å². The summed E-state index contributed by atoms with van der Waals surface area (Å²) < 4.78 is 0. The van der Waals surface area contributed by atoms with Crippen LogP contribution in [0.5, 0.6) is 0 Å². The molecule has 0 aliphatic carbocycles. The van der Waals surface area contributed by atoms with Gasteiger partial charge in [-0.2, -0.15) is 0 Å². The van der Waals surface area contributed by atoms with Gasteiger partial charge in [-0.25, -0.2) is 0 Å². The second-order valence-corrected chi connectivity index (χ2v) is 6.55. The highest BCUT2D eigenvalue weighted by Gasteiger charge is 2.16. The Morgan fingerprint density at radius 3 is 2.50 bits per heavy atom. The zero-order chi connectivity index (χ0) is 16.8. The first-order valence-electron chi connectivity index (χ1n) is 8.33. The molecule has 1 aliphatic rings. The van der Waals surface area contributed by atoms with Crippen LogP contribution >= 0.6 is 12.4 Å². The highest BCUT2D eigenvalue weighted by atomic mass is 35.5. The molecule has 0 radical (unpaired) electrons. The van der Waals surface area contributed by atoms with Crippen LogP contribution in [0.15, 0.2) is 24.3 Å². The molecule has 1 aliphatic heterocycles. The minimum atomic E-state index is -0.0446. The van der Waals surface area contributed by atoms with E-state index >= 15 is 0 Å². The predicted molar refractivity (Wildman–Crippen MR) is 98.4 cm³/mol. The minimum absolute atomic E-state index is 0. The van der Waals surface area contributed by atoms with Crippen molar-refractivity contribution in [3.05, 3.63) is 35.4 Å². The number of amides is 2. The molecule has 1 aromatic rings. The molecule has 2 N–H and O–H groups in total. The molecule has 1 aromatic carbocycles. The zero-order valence-electron chi connectivity index (χ0n) is 14.7. The maximum absolute atomic E-state index is 12.1. The van der Waals surface area contributed by atoms with E-state index in [2.05, 4.69) is 10.6 Å². The van der Waals surface area contributed by atoms with Gasteiger partial charge in [0, 0.05) is 37.7 Å². The van der Waals surface area contributed by atoms with Crippen molar-refractivity contribution < 1.29 is 9.59 Å². The van der Waals surface area contributed by atoms with Crippen LogP contribution < -0.4 is 10.6 Å².